The zero-order valence-corrected chi connectivity index (χ0v) is 10.5. The van der Waals surface area contributed by atoms with E-state index in [1.165, 1.54) is 18.4 Å². The third-order valence-electron chi connectivity index (χ3n) is 2.01. The van der Waals surface area contributed by atoms with E-state index in [2.05, 4.69) is 15.5 Å². The maximum atomic E-state index is 11.5. The number of nitrogens with zero attached hydrogens (tertiary/aromatic N) is 1. The summed E-state index contributed by atoms with van der Waals surface area (Å²) in [5.74, 6) is -0.396. The van der Waals surface area contributed by atoms with Crippen molar-refractivity contribution >= 4 is 40.3 Å². The number of esters is 1. The molecule has 0 fully saturated rings. The molecule has 2 aromatic rings. The average Bonchev–Trinajstić information content (AvgIpc) is 2.74. The van der Waals surface area contributed by atoms with Crippen molar-refractivity contribution in [3.8, 4) is 0 Å². The highest BCUT2D eigenvalue weighted by molar-refractivity contribution is 7.73. The van der Waals surface area contributed by atoms with Gasteiger partial charge in [0.25, 0.3) is 0 Å². The van der Waals surface area contributed by atoms with Crippen molar-refractivity contribution in [1.29, 1.82) is 0 Å². The van der Waals surface area contributed by atoms with Crippen LogP contribution in [0.2, 0.25) is 0 Å². The van der Waals surface area contributed by atoms with Crippen LogP contribution in [0.15, 0.2) is 24.3 Å². The van der Waals surface area contributed by atoms with Crippen LogP contribution in [0.25, 0.3) is 0 Å². The third-order valence-corrected chi connectivity index (χ3v) is 3.02. The summed E-state index contributed by atoms with van der Waals surface area (Å²) in [7, 11) is 1.34. The lowest BCUT2D eigenvalue weighted by Gasteiger charge is -2.07. The van der Waals surface area contributed by atoms with Crippen molar-refractivity contribution in [1.82, 2.24) is 10.2 Å². The Labute approximate surface area is 106 Å². The van der Waals surface area contributed by atoms with Crippen LogP contribution in [-0.2, 0) is 4.74 Å². The van der Waals surface area contributed by atoms with E-state index in [9.17, 15) is 4.79 Å². The normalized spacial score (nSPS) is 9.94. The summed E-state index contributed by atoms with van der Waals surface area (Å²) in [6.45, 7) is 0. The van der Waals surface area contributed by atoms with E-state index in [-0.39, 0.29) is 0 Å². The van der Waals surface area contributed by atoms with Gasteiger partial charge in [0.2, 0.25) is 5.13 Å². The summed E-state index contributed by atoms with van der Waals surface area (Å²) in [6, 6.07) is 7.04. The molecule has 0 aliphatic rings. The molecule has 0 saturated carbocycles. The highest BCUT2D eigenvalue weighted by atomic mass is 32.1. The Bertz CT molecular complexity index is 591. The van der Waals surface area contributed by atoms with E-state index in [4.69, 9.17) is 17.0 Å². The molecule has 17 heavy (non-hydrogen) atoms. The van der Waals surface area contributed by atoms with Crippen molar-refractivity contribution in [3.63, 3.8) is 0 Å². The smallest absolute Gasteiger partial charge is 0.339 e. The van der Waals surface area contributed by atoms with E-state index >= 15 is 0 Å². The molecule has 88 valence electrons. The van der Waals surface area contributed by atoms with Crippen molar-refractivity contribution in [3.05, 3.63) is 33.8 Å². The summed E-state index contributed by atoms with van der Waals surface area (Å²) in [4.78, 5) is 11.5. The number of hydrogen-bond acceptors (Lipinski definition) is 6. The number of aromatic nitrogens is 2. The van der Waals surface area contributed by atoms with Gasteiger partial charge in [-0.3, -0.25) is 5.10 Å². The molecule has 5 nitrogen and oxygen atoms in total. The van der Waals surface area contributed by atoms with Gasteiger partial charge in [-0.1, -0.05) is 23.5 Å². The van der Waals surface area contributed by atoms with Crippen LogP contribution in [0.3, 0.4) is 0 Å². The SMILES string of the molecule is COC(=O)c1ccccc1Nc1n[nH]c(=S)s1. The Morgan fingerprint density at radius 3 is 2.94 bits per heavy atom. The summed E-state index contributed by atoms with van der Waals surface area (Å²) in [5, 5.41) is 10.2. The first-order valence-corrected chi connectivity index (χ1v) is 5.93. The van der Waals surface area contributed by atoms with Gasteiger partial charge in [-0.15, -0.1) is 5.10 Å². The van der Waals surface area contributed by atoms with Crippen LogP contribution in [-0.4, -0.2) is 23.3 Å². The number of methoxy groups -OCH3 is 1. The van der Waals surface area contributed by atoms with Crippen molar-refractivity contribution in [2.75, 3.05) is 12.4 Å². The second-order valence-corrected chi connectivity index (χ2v) is 4.75. The minimum Gasteiger partial charge on any atom is -0.465 e. The van der Waals surface area contributed by atoms with Gasteiger partial charge in [-0.2, -0.15) is 0 Å². The number of nitrogens with one attached hydrogen (secondary N) is 2. The minimum absolute atomic E-state index is 0.396. The van der Waals surface area contributed by atoms with Crippen LogP contribution < -0.4 is 5.32 Å². The number of carbonyl (C=O) groups excluding carboxylic acids is 1. The fourth-order valence-corrected chi connectivity index (χ4v) is 2.08. The fraction of sp³-hybridized carbons (Fsp3) is 0.100. The predicted molar refractivity (Wildman–Crippen MR) is 68.4 cm³/mol. The molecule has 0 aliphatic heterocycles. The number of anilines is 2. The Morgan fingerprint density at radius 2 is 2.29 bits per heavy atom. The first-order chi connectivity index (χ1) is 8.20. The van der Waals surface area contributed by atoms with Crippen LogP contribution >= 0.6 is 23.6 Å². The molecule has 1 heterocycles. The number of hydrogen-bond donors (Lipinski definition) is 2. The molecule has 0 saturated heterocycles. The lowest BCUT2D eigenvalue weighted by molar-refractivity contribution is 0.0602. The second-order valence-electron chi connectivity index (χ2n) is 3.08. The van der Waals surface area contributed by atoms with Gasteiger partial charge in [0.1, 0.15) is 0 Å². The monoisotopic (exact) mass is 267 g/mol. The van der Waals surface area contributed by atoms with Gasteiger partial charge in [0.15, 0.2) is 3.95 Å². The van der Waals surface area contributed by atoms with Crippen LogP contribution in [0.4, 0.5) is 10.8 Å². The predicted octanol–water partition coefficient (Wildman–Crippen LogP) is 2.73. The van der Waals surface area contributed by atoms with E-state index in [0.29, 0.717) is 20.3 Å². The Hall–Kier alpha value is -1.73. The van der Waals surface area contributed by atoms with Gasteiger partial charge in [0.05, 0.1) is 18.4 Å². The molecule has 0 atom stereocenters. The number of H-pyrrole nitrogens is 1. The molecule has 1 aromatic heterocycles. The van der Waals surface area contributed by atoms with Crippen LogP contribution in [0.1, 0.15) is 10.4 Å². The molecule has 0 amide bonds. The molecule has 0 radical (unpaired) electrons. The molecule has 1 aromatic carbocycles. The molecule has 2 rings (SSSR count). The standard InChI is InChI=1S/C10H9N3O2S2/c1-15-8(14)6-4-2-3-5-7(6)11-9-12-13-10(16)17-9/h2-5H,1H3,(H,11,12)(H,13,16). The average molecular weight is 267 g/mol. The van der Waals surface area contributed by atoms with Crippen LogP contribution in [0.5, 0.6) is 0 Å². The summed E-state index contributed by atoms with van der Waals surface area (Å²) in [5.41, 5.74) is 1.09. The quantitative estimate of drug-likeness (QED) is 0.661. The summed E-state index contributed by atoms with van der Waals surface area (Å²) >= 11 is 6.22. The number of benzene rings is 1. The molecule has 0 spiro atoms. The molecular formula is C10H9N3O2S2. The first kappa shape index (κ1) is 11.7. The van der Waals surface area contributed by atoms with Crippen molar-refractivity contribution in [2.45, 2.75) is 0 Å². The van der Waals surface area contributed by atoms with E-state index < -0.39 is 5.97 Å². The summed E-state index contributed by atoms with van der Waals surface area (Å²) < 4.78 is 5.27. The number of carbonyl (C=O) groups is 1. The summed E-state index contributed by atoms with van der Waals surface area (Å²) in [6.07, 6.45) is 0. The molecule has 0 aliphatic carbocycles. The molecule has 7 heteroatoms. The molecule has 2 N–H and O–H groups in total. The first-order valence-electron chi connectivity index (χ1n) is 4.70. The van der Waals surface area contributed by atoms with Gasteiger partial charge < -0.3 is 10.1 Å². The van der Waals surface area contributed by atoms with Gasteiger partial charge in [0, 0.05) is 0 Å². The number of rotatable bonds is 3. The number of ether oxygens (including phenoxy) is 1. The Balaban J connectivity index is 2.32. The lowest BCUT2D eigenvalue weighted by atomic mass is 10.2. The van der Waals surface area contributed by atoms with Gasteiger partial charge in [-0.25, -0.2) is 4.79 Å². The highest BCUT2D eigenvalue weighted by Gasteiger charge is 2.11. The Morgan fingerprint density at radius 1 is 1.53 bits per heavy atom. The Kier molecular flexibility index (Phi) is 3.50. The minimum atomic E-state index is -0.396. The van der Waals surface area contributed by atoms with Crippen molar-refractivity contribution < 1.29 is 9.53 Å². The van der Waals surface area contributed by atoms with E-state index in [1.807, 2.05) is 6.07 Å². The van der Waals surface area contributed by atoms with Crippen LogP contribution in [0, 0.1) is 3.95 Å². The zero-order valence-electron chi connectivity index (χ0n) is 8.89. The second kappa shape index (κ2) is 5.07. The molecular weight excluding hydrogens is 258 g/mol. The van der Waals surface area contributed by atoms with Gasteiger partial charge in [-0.05, 0) is 24.4 Å². The zero-order chi connectivity index (χ0) is 12.3. The third kappa shape index (κ3) is 2.69. The van der Waals surface area contributed by atoms with Gasteiger partial charge >= 0.3 is 5.97 Å². The highest BCUT2D eigenvalue weighted by Crippen LogP contribution is 2.22. The van der Waals surface area contributed by atoms with E-state index in [1.54, 1.807) is 18.2 Å². The lowest BCUT2D eigenvalue weighted by Crippen LogP contribution is -2.05. The topological polar surface area (TPSA) is 67.0 Å². The molecule has 0 bridgehead atoms. The fourth-order valence-electron chi connectivity index (χ4n) is 1.28. The largest absolute Gasteiger partial charge is 0.465 e. The molecule has 0 unspecified atom stereocenters. The number of aromatic amines is 1. The van der Waals surface area contributed by atoms with Crippen molar-refractivity contribution in [2.24, 2.45) is 0 Å². The maximum absolute atomic E-state index is 11.5. The van der Waals surface area contributed by atoms with E-state index in [0.717, 1.165) is 0 Å². The maximum Gasteiger partial charge on any atom is 0.339 e. The number of para-hydroxylation sites is 1.